The normalized spacial score (nSPS) is 11.6. The van der Waals surface area contributed by atoms with Gasteiger partial charge in [0.25, 0.3) is 0 Å². The number of likely N-dealkylation sites (N-methyl/N-ethyl adjacent to an activating group) is 1. The maximum atomic E-state index is 12.2. The topological polar surface area (TPSA) is 78.8 Å². The number of rotatable bonds is 6. The fourth-order valence-corrected chi connectivity index (χ4v) is 3.39. The van der Waals surface area contributed by atoms with Gasteiger partial charge in [0, 0.05) is 48.9 Å². The van der Waals surface area contributed by atoms with E-state index in [-0.39, 0.29) is 5.91 Å². The summed E-state index contributed by atoms with van der Waals surface area (Å²) in [7, 11) is 5.95. The lowest BCUT2D eigenvalue weighted by Crippen LogP contribution is -2.32. The molecule has 1 amide bonds. The monoisotopic (exact) mass is 376 g/mol. The maximum Gasteiger partial charge on any atom is 0.224 e. The van der Waals surface area contributed by atoms with Crippen molar-refractivity contribution < 1.29 is 4.79 Å². The molecule has 0 aliphatic heterocycles. The molecule has 3 aromatic heterocycles. The number of aryl methyl sites for hydroxylation is 1. The van der Waals surface area contributed by atoms with E-state index in [1.165, 1.54) is 0 Å². The molecular weight excluding hydrogens is 352 g/mol. The van der Waals surface area contributed by atoms with Gasteiger partial charge in [-0.05, 0) is 31.8 Å². The van der Waals surface area contributed by atoms with Gasteiger partial charge in [0.2, 0.25) is 5.91 Å². The number of benzene rings is 1. The standard InChI is InChI=1S/C21H24N6O/c1-26(2)8-7-22-19(28)10-14-5-4-6-15(9-14)18-11-17-20-16(13-24-27(20)3)12-23-21(17)25-18/h4-6,9,11-13,24H,7-8,10H2,1-3H3,(H,22,28). The largest absolute Gasteiger partial charge is 0.355 e. The zero-order chi connectivity index (χ0) is 19.7. The summed E-state index contributed by atoms with van der Waals surface area (Å²) >= 11 is 0. The molecule has 2 N–H and O–H groups in total. The van der Waals surface area contributed by atoms with E-state index in [0.29, 0.717) is 13.0 Å². The molecule has 0 saturated carbocycles. The average Bonchev–Trinajstić information content (AvgIpc) is 3.25. The van der Waals surface area contributed by atoms with Crippen molar-refractivity contribution in [1.82, 2.24) is 30.0 Å². The molecule has 0 atom stereocenters. The van der Waals surface area contributed by atoms with Crippen LogP contribution in [-0.2, 0) is 18.3 Å². The Morgan fingerprint density at radius 1 is 1.29 bits per heavy atom. The summed E-state index contributed by atoms with van der Waals surface area (Å²) in [6.45, 7) is 1.48. The van der Waals surface area contributed by atoms with Gasteiger partial charge in [-0.1, -0.05) is 18.2 Å². The van der Waals surface area contributed by atoms with E-state index in [4.69, 9.17) is 4.98 Å². The molecule has 7 nitrogen and oxygen atoms in total. The molecule has 7 heteroatoms. The molecule has 4 aromatic rings. The number of amides is 1. The number of hydrogen-bond donors (Lipinski definition) is 2. The van der Waals surface area contributed by atoms with Gasteiger partial charge in [0.15, 0.2) is 5.65 Å². The van der Waals surface area contributed by atoms with Crippen LogP contribution in [0.3, 0.4) is 0 Å². The predicted octanol–water partition coefficient (Wildman–Crippen LogP) is 2.34. The lowest BCUT2D eigenvalue weighted by atomic mass is 10.1. The highest BCUT2D eigenvalue weighted by Gasteiger charge is 2.12. The number of fused-ring (bicyclic) bond motifs is 3. The number of nitrogens with zero attached hydrogens (tertiary/aromatic N) is 4. The van der Waals surface area contributed by atoms with Crippen molar-refractivity contribution in [2.24, 2.45) is 7.05 Å². The Bertz CT molecular complexity index is 1140. The fourth-order valence-electron chi connectivity index (χ4n) is 3.39. The third kappa shape index (κ3) is 3.61. The van der Waals surface area contributed by atoms with Crippen LogP contribution in [0.25, 0.3) is 33.2 Å². The zero-order valence-corrected chi connectivity index (χ0v) is 16.4. The number of aromatic amines is 1. The molecule has 0 aliphatic carbocycles. The predicted molar refractivity (Wildman–Crippen MR) is 111 cm³/mol. The van der Waals surface area contributed by atoms with Crippen molar-refractivity contribution in [2.45, 2.75) is 6.42 Å². The van der Waals surface area contributed by atoms with Crippen LogP contribution in [0.4, 0.5) is 0 Å². The first-order valence-corrected chi connectivity index (χ1v) is 9.31. The van der Waals surface area contributed by atoms with Crippen LogP contribution in [0.2, 0.25) is 0 Å². The lowest BCUT2D eigenvalue weighted by Gasteiger charge is -2.10. The molecule has 144 valence electrons. The third-order valence-corrected chi connectivity index (χ3v) is 4.82. The van der Waals surface area contributed by atoms with E-state index in [0.717, 1.165) is 45.3 Å². The number of carbonyl (C=O) groups is 1. The summed E-state index contributed by atoms with van der Waals surface area (Å²) in [4.78, 5) is 23.4. The van der Waals surface area contributed by atoms with Crippen LogP contribution >= 0.6 is 0 Å². The molecule has 0 saturated heterocycles. The first-order chi connectivity index (χ1) is 13.5. The Kier molecular flexibility index (Phi) is 4.83. The van der Waals surface area contributed by atoms with Gasteiger partial charge in [-0.2, -0.15) is 0 Å². The second-order valence-electron chi connectivity index (χ2n) is 7.30. The van der Waals surface area contributed by atoms with Crippen molar-refractivity contribution >= 4 is 27.8 Å². The number of H-pyrrole nitrogens is 1. The highest BCUT2D eigenvalue weighted by atomic mass is 16.1. The first kappa shape index (κ1) is 18.2. The number of carbonyl (C=O) groups excluding carboxylic acids is 1. The highest BCUT2D eigenvalue weighted by molar-refractivity contribution is 6.04. The number of hydrogen-bond acceptors (Lipinski definition) is 4. The Labute approximate surface area is 163 Å². The quantitative estimate of drug-likeness (QED) is 0.541. The van der Waals surface area contributed by atoms with E-state index in [1.807, 2.05) is 67.4 Å². The van der Waals surface area contributed by atoms with E-state index in [1.54, 1.807) is 0 Å². The van der Waals surface area contributed by atoms with Gasteiger partial charge >= 0.3 is 0 Å². The summed E-state index contributed by atoms with van der Waals surface area (Å²) in [6.07, 6.45) is 4.13. The number of nitrogens with one attached hydrogen (secondary N) is 2. The van der Waals surface area contributed by atoms with Crippen LogP contribution in [0, 0.1) is 0 Å². The van der Waals surface area contributed by atoms with Gasteiger partial charge in [-0.15, -0.1) is 0 Å². The minimum atomic E-state index is 0.0300. The number of pyridine rings is 1. The molecule has 28 heavy (non-hydrogen) atoms. The summed E-state index contributed by atoms with van der Waals surface area (Å²) in [5.41, 5.74) is 4.64. The second kappa shape index (κ2) is 7.44. The molecule has 0 radical (unpaired) electrons. The fraction of sp³-hybridized carbons (Fsp3) is 0.286. The van der Waals surface area contributed by atoms with Crippen molar-refractivity contribution in [3.8, 4) is 11.3 Å². The molecule has 0 aliphatic rings. The molecule has 3 heterocycles. The summed E-state index contributed by atoms with van der Waals surface area (Å²) in [5, 5.41) is 8.20. The van der Waals surface area contributed by atoms with Crippen molar-refractivity contribution in [1.29, 1.82) is 0 Å². The van der Waals surface area contributed by atoms with Crippen LogP contribution in [-0.4, -0.2) is 57.7 Å². The maximum absolute atomic E-state index is 12.2. The zero-order valence-electron chi connectivity index (χ0n) is 16.4. The van der Waals surface area contributed by atoms with Crippen LogP contribution in [0.15, 0.2) is 42.7 Å². The Morgan fingerprint density at radius 2 is 2.14 bits per heavy atom. The summed E-state index contributed by atoms with van der Waals surface area (Å²) in [6, 6.07) is 10.1. The van der Waals surface area contributed by atoms with E-state index in [9.17, 15) is 4.79 Å². The average molecular weight is 376 g/mol. The smallest absolute Gasteiger partial charge is 0.224 e. The highest BCUT2D eigenvalue weighted by Crippen LogP contribution is 2.28. The minimum absolute atomic E-state index is 0.0300. The van der Waals surface area contributed by atoms with Crippen LogP contribution < -0.4 is 5.32 Å². The Hall–Kier alpha value is -3.19. The van der Waals surface area contributed by atoms with Gasteiger partial charge in [-0.3, -0.25) is 9.48 Å². The third-order valence-electron chi connectivity index (χ3n) is 4.82. The number of aromatic nitrogens is 4. The summed E-state index contributed by atoms with van der Waals surface area (Å²) < 4.78 is 1.97. The lowest BCUT2D eigenvalue weighted by molar-refractivity contribution is -0.120. The van der Waals surface area contributed by atoms with Crippen molar-refractivity contribution in [3.63, 3.8) is 0 Å². The van der Waals surface area contributed by atoms with Crippen LogP contribution in [0.1, 0.15) is 5.56 Å². The van der Waals surface area contributed by atoms with E-state index < -0.39 is 0 Å². The van der Waals surface area contributed by atoms with Gasteiger partial charge < -0.3 is 15.3 Å². The molecular formula is C21H24N6O. The molecule has 0 fully saturated rings. The van der Waals surface area contributed by atoms with E-state index >= 15 is 0 Å². The minimum Gasteiger partial charge on any atom is -0.355 e. The second-order valence-corrected chi connectivity index (χ2v) is 7.30. The molecule has 0 bridgehead atoms. The van der Waals surface area contributed by atoms with Gasteiger partial charge in [0.05, 0.1) is 17.6 Å². The Morgan fingerprint density at radius 3 is 2.96 bits per heavy atom. The molecule has 1 aromatic carbocycles. The molecule has 4 rings (SSSR count). The summed E-state index contributed by atoms with van der Waals surface area (Å²) in [5.74, 6) is 0.0300. The van der Waals surface area contributed by atoms with Crippen molar-refractivity contribution in [3.05, 3.63) is 48.3 Å². The van der Waals surface area contributed by atoms with Gasteiger partial charge in [-0.25, -0.2) is 9.97 Å². The Balaban J connectivity index is 1.58. The first-order valence-electron chi connectivity index (χ1n) is 9.31. The molecule has 0 unspecified atom stereocenters. The van der Waals surface area contributed by atoms with Crippen molar-refractivity contribution in [2.75, 3.05) is 27.2 Å². The van der Waals surface area contributed by atoms with E-state index in [2.05, 4.69) is 21.5 Å². The molecule has 0 spiro atoms. The van der Waals surface area contributed by atoms with Crippen LogP contribution in [0.5, 0.6) is 0 Å². The SMILES string of the molecule is CN(C)CCNC(=O)Cc1cccc(-c2cc3c(ncc4c[nH]n(C)c43)n2)c1. The van der Waals surface area contributed by atoms with Gasteiger partial charge in [0.1, 0.15) is 0 Å².